The molecule has 0 radical (unpaired) electrons. The molecule has 2 unspecified atom stereocenters. The first-order valence-electron chi connectivity index (χ1n) is 8.39. The van der Waals surface area contributed by atoms with Crippen LogP contribution in [0.2, 0.25) is 0 Å². The number of ether oxygens (including phenoxy) is 2. The summed E-state index contributed by atoms with van der Waals surface area (Å²) in [5, 5.41) is 3.43. The van der Waals surface area contributed by atoms with Crippen LogP contribution in [0.1, 0.15) is 25.7 Å². The fourth-order valence-corrected chi connectivity index (χ4v) is 4.89. The molecule has 0 aromatic heterocycles. The Morgan fingerprint density at radius 2 is 2.00 bits per heavy atom. The first kappa shape index (κ1) is 14.0. The zero-order valence-corrected chi connectivity index (χ0v) is 12.8. The molecule has 5 nitrogen and oxygen atoms in total. The Balaban J connectivity index is 1.35. The van der Waals surface area contributed by atoms with Gasteiger partial charge >= 0.3 is 5.97 Å². The number of nitrogens with one attached hydrogen (secondary N) is 1. The normalized spacial score (nSPS) is 41.8. The Morgan fingerprint density at radius 1 is 1.29 bits per heavy atom. The number of esters is 1. The molecule has 1 aliphatic carbocycles. The summed E-state index contributed by atoms with van der Waals surface area (Å²) in [6.45, 7) is 5.24. The molecule has 0 bridgehead atoms. The summed E-state index contributed by atoms with van der Waals surface area (Å²) in [4.78, 5) is 14.3. The third-order valence-electron chi connectivity index (χ3n) is 6.19. The number of nitrogens with zero attached hydrogens (tertiary/aromatic N) is 1. The first-order chi connectivity index (χ1) is 10.2. The van der Waals surface area contributed by atoms with Crippen molar-refractivity contribution in [2.24, 2.45) is 17.8 Å². The van der Waals surface area contributed by atoms with Crippen LogP contribution in [-0.2, 0) is 14.3 Å². The molecule has 118 valence electrons. The summed E-state index contributed by atoms with van der Waals surface area (Å²) in [6, 6.07) is 0.656. The van der Waals surface area contributed by atoms with Gasteiger partial charge in [0.1, 0.15) is 0 Å². The van der Waals surface area contributed by atoms with E-state index in [4.69, 9.17) is 9.47 Å². The molecule has 21 heavy (non-hydrogen) atoms. The number of likely N-dealkylation sites (tertiary alicyclic amines) is 1. The summed E-state index contributed by atoms with van der Waals surface area (Å²) < 4.78 is 11.1. The zero-order chi connectivity index (χ0) is 14.4. The predicted octanol–water partition coefficient (Wildman–Crippen LogP) is 0.638. The van der Waals surface area contributed by atoms with Gasteiger partial charge in [0.2, 0.25) is 0 Å². The van der Waals surface area contributed by atoms with Gasteiger partial charge in [0, 0.05) is 25.7 Å². The highest BCUT2D eigenvalue weighted by Gasteiger charge is 2.61. The van der Waals surface area contributed by atoms with Crippen molar-refractivity contribution < 1.29 is 14.3 Å². The number of rotatable bonds is 2. The van der Waals surface area contributed by atoms with Crippen molar-refractivity contribution in [1.82, 2.24) is 10.2 Å². The summed E-state index contributed by atoms with van der Waals surface area (Å²) >= 11 is 0. The highest BCUT2D eigenvalue weighted by molar-refractivity contribution is 5.76. The second kappa shape index (κ2) is 5.21. The van der Waals surface area contributed by atoms with E-state index in [0.717, 1.165) is 52.0 Å². The quantitative estimate of drug-likeness (QED) is 0.758. The van der Waals surface area contributed by atoms with Gasteiger partial charge in [-0.25, -0.2) is 0 Å². The van der Waals surface area contributed by atoms with Crippen molar-refractivity contribution in [3.05, 3.63) is 0 Å². The maximum atomic E-state index is 11.6. The zero-order valence-electron chi connectivity index (χ0n) is 12.8. The molecular formula is C16H26N2O3. The van der Waals surface area contributed by atoms with Crippen LogP contribution in [0.15, 0.2) is 0 Å². The average Bonchev–Trinajstić information content (AvgIpc) is 3.01. The molecule has 0 aromatic carbocycles. The number of hydrogen-bond acceptors (Lipinski definition) is 5. The third kappa shape index (κ3) is 2.39. The molecular weight excluding hydrogens is 268 g/mol. The SMILES string of the molecule is COC(=O)C1[C@H]2CN(C3CCOC4(CCNCC4)C3)C[C@@H]12. The van der Waals surface area contributed by atoms with Crippen LogP contribution in [0.3, 0.4) is 0 Å². The summed E-state index contributed by atoms with van der Waals surface area (Å²) in [7, 11) is 1.51. The van der Waals surface area contributed by atoms with E-state index in [1.165, 1.54) is 13.5 Å². The maximum Gasteiger partial charge on any atom is 0.309 e. The van der Waals surface area contributed by atoms with Crippen LogP contribution in [0.25, 0.3) is 0 Å². The molecule has 4 aliphatic rings. The van der Waals surface area contributed by atoms with Crippen molar-refractivity contribution in [2.75, 3.05) is 39.9 Å². The molecule has 0 aromatic rings. The lowest BCUT2D eigenvalue weighted by atomic mass is 9.82. The second-order valence-electron chi connectivity index (χ2n) is 7.26. The molecule has 1 spiro atoms. The Labute approximate surface area is 126 Å². The number of carbonyl (C=O) groups excluding carboxylic acids is 1. The summed E-state index contributed by atoms with van der Waals surface area (Å²) in [6.07, 6.45) is 4.62. The number of carbonyl (C=O) groups is 1. The van der Waals surface area contributed by atoms with Crippen LogP contribution in [0, 0.1) is 17.8 Å². The van der Waals surface area contributed by atoms with Crippen molar-refractivity contribution in [1.29, 1.82) is 0 Å². The predicted molar refractivity (Wildman–Crippen MR) is 77.9 cm³/mol. The van der Waals surface area contributed by atoms with Crippen LogP contribution >= 0.6 is 0 Å². The van der Waals surface area contributed by atoms with Crippen molar-refractivity contribution in [2.45, 2.75) is 37.3 Å². The number of methoxy groups -OCH3 is 1. The lowest BCUT2D eigenvalue weighted by Gasteiger charge is -2.46. The van der Waals surface area contributed by atoms with Crippen molar-refractivity contribution >= 4 is 5.97 Å². The Kier molecular flexibility index (Phi) is 3.47. The van der Waals surface area contributed by atoms with Gasteiger partial charge in [0.05, 0.1) is 18.6 Å². The van der Waals surface area contributed by atoms with E-state index in [1.807, 2.05) is 0 Å². The van der Waals surface area contributed by atoms with Gasteiger partial charge in [-0.15, -0.1) is 0 Å². The largest absolute Gasteiger partial charge is 0.469 e. The molecule has 4 fully saturated rings. The molecule has 4 atom stereocenters. The molecule has 3 aliphatic heterocycles. The van der Waals surface area contributed by atoms with Gasteiger partial charge in [-0.1, -0.05) is 0 Å². The molecule has 4 rings (SSSR count). The standard InChI is InChI=1S/C16H26N2O3/c1-20-15(19)14-12-9-18(10-13(12)14)11-2-7-21-16(8-11)3-5-17-6-4-16/h11-14,17H,2-10H2,1H3/t11?,12-,13+,14?. The first-order valence-corrected chi connectivity index (χ1v) is 8.39. The molecule has 0 amide bonds. The number of hydrogen-bond donors (Lipinski definition) is 1. The van der Waals surface area contributed by atoms with Gasteiger partial charge < -0.3 is 14.8 Å². The Bertz CT molecular complexity index is 404. The number of piperidine rings is 2. The molecule has 5 heteroatoms. The lowest BCUT2D eigenvalue weighted by molar-refractivity contribution is -0.144. The summed E-state index contributed by atoms with van der Waals surface area (Å²) in [5.41, 5.74) is 0.128. The molecule has 1 saturated carbocycles. The maximum absolute atomic E-state index is 11.6. The van der Waals surface area contributed by atoms with Crippen LogP contribution in [0.5, 0.6) is 0 Å². The lowest BCUT2D eigenvalue weighted by Crippen LogP contribution is -2.53. The Morgan fingerprint density at radius 3 is 2.67 bits per heavy atom. The van der Waals surface area contributed by atoms with Crippen LogP contribution in [-0.4, -0.2) is 62.4 Å². The van der Waals surface area contributed by atoms with Gasteiger partial charge in [-0.3, -0.25) is 9.69 Å². The monoisotopic (exact) mass is 294 g/mol. The third-order valence-corrected chi connectivity index (χ3v) is 6.19. The smallest absolute Gasteiger partial charge is 0.309 e. The van der Waals surface area contributed by atoms with E-state index in [2.05, 4.69) is 10.2 Å². The minimum atomic E-state index is 0.00597. The van der Waals surface area contributed by atoms with Crippen molar-refractivity contribution in [3.8, 4) is 0 Å². The van der Waals surface area contributed by atoms with Crippen molar-refractivity contribution in [3.63, 3.8) is 0 Å². The Hall–Kier alpha value is -0.650. The molecule has 3 saturated heterocycles. The molecule has 3 heterocycles. The fraction of sp³-hybridized carbons (Fsp3) is 0.938. The second-order valence-corrected chi connectivity index (χ2v) is 7.26. The van der Waals surface area contributed by atoms with E-state index < -0.39 is 0 Å². The van der Waals surface area contributed by atoms with E-state index >= 15 is 0 Å². The van der Waals surface area contributed by atoms with Gasteiger partial charge in [-0.2, -0.15) is 0 Å². The summed E-state index contributed by atoms with van der Waals surface area (Å²) in [5.74, 6) is 1.32. The highest BCUT2D eigenvalue weighted by atomic mass is 16.5. The van der Waals surface area contributed by atoms with Gasteiger partial charge in [-0.05, 0) is 50.6 Å². The van der Waals surface area contributed by atoms with E-state index in [9.17, 15) is 4.79 Å². The van der Waals surface area contributed by atoms with E-state index in [0.29, 0.717) is 17.9 Å². The minimum absolute atomic E-state index is 0.00597. The van der Waals surface area contributed by atoms with Gasteiger partial charge in [0.15, 0.2) is 0 Å². The highest BCUT2D eigenvalue weighted by Crippen LogP contribution is 2.53. The number of fused-ring (bicyclic) bond motifs is 1. The van der Waals surface area contributed by atoms with E-state index in [1.54, 1.807) is 0 Å². The fourth-order valence-electron chi connectivity index (χ4n) is 4.89. The average molecular weight is 294 g/mol. The van der Waals surface area contributed by atoms with E-state index in [-0.39, 0.29) is 17.5 Å². The topological polar surface area (TPSA) is 50.8 Å². The van der Waals surface area contributed by atoms with Crippen LogP contribution in [0.4, 0.5) is 0 Å². The van der Waals surface area contributed by atoms with Crippen LogP contribution < -0.4 is 5.32 Å². The molecule has 1 N–H and O–H groups in total. The van der Waals surface area contributed by atoms with Gasteiger partial charge in [0.25, 0.3) is 0 Å². The minimum Gasteiger partial charge on any atom is -0.469 e.